The second-order valence-electron chi connectivity index (χ2n) is 7.37. The van der Waals surface area contributed by atoms with Crippen LogP contribution in [0.5, 0.6) is 5.75 Å². The molecule has 0 N–H and O–H groups in total. The van der Waals surface area contributed by atoms with Gasteiger partial charge in [-0.05, 0) is 37.5 Å². The first-order chi connectivity index (χ1) is 14.5. The minimum Gasteiger partial charge on any atom is -0.496 e. The van der Waals surface area contributed by atoms with Gasteiger partial charge in [-0.2, -0.15) is 5.10 Å². The van der Waals surface area contributed by atoms with Crippen LogP contribution in [0.2, 0.25) is 0 Å². The van der Waals surface area contributed by atoms with E-state index >= 15 is 0 Å². The van der Waals surface area contributed by atoms with E-state index in [-0.39, 0.29) is 0 Å². The van der Waals surface area contributed by atoms with Crippen molar-refractivity contribution in [2.75, 3.05) is 14.2 Å². The third-order valence-electron chi connectivity index (χ3n) is 5.30. The van der Waals surface area contributed by atoms with Crippen molar-refractivity contribution in [1.82, 2.24) is 19.2 Å². The molecule has 0 bridgehead atoms. The maximum Gasteiger partial charge on any atom is 0.199 e. The SMILES string of the molecule is CCc1oc2ccccc2c1CN(C)Cn1nc(-c2ccccc2OC)n(C)c1=S. The summed E-state index contributed by atoms with van der Waals surface area (Å²) in [7, 11) is 5.67. The molecule has 30 heavy (non-hydrogen) atoms. The van der Waals surface area contributed by atoms with Gasteiger partial charge in [-0.1, -0.05) is 37.3 Å². The molecule has 0 saturated heterocycles. The lowest BCUT2D eigenvalue weighted by molar-refractivity contribution is 0.243. The first kappa shape index (κ1) is 20.4. The fourth-order valence-corrected chi connectivity index (χ4v) is 3.99. The predicted molar refractivity (Wildman–Crippen MR) is 121 cm³/mol. The third kappa shape index (κ3) is 3.66. The van der Waals surface area contributed by atoms with Crippen LogP contribution in [-0.2, 0) is 26.7 Å². The highest BCUT2D eigenvalue weighted by Gasteiger charge is 2.17. The standard InChI is InChI=1S/C23H26N4O2S/c1-5-19-18(16-10-6-9-13-21(16)29-19)14-25(2)15-27-23(30)26(3)22(24-27)17-11-7-8-12-20(17)28-4/h6-13H,5,14-15H2,1-4H3. The first-order valence-electron chi connectivity index (χ1n) is 9.98. The van der Waals surface area contributed by atoms with Gasteiger partial charge in [-0.3, -0.25) is 4.90 Å². The number of aryl methyl sites for hydroxylation is 1. The van der Waals surface area contributed by atoms with Crippen molar-refractivity contribution in [3.05, 3.63) is 64.6 Å². The molecule has 7 heteroatoms. The molecule has 2 aromatic carbocycles. The number of aromatic nitrogens is 3. The minimum atomic E-state index is 0.574. The van der Waals surface area contributed by atoms with Crippen molar-refractivity contribution in [2.24, 2.45) is 7.05 Å². The van der Waals surface area contributed by atoms with Gasteiger partial charge >= 0.3 is 0 Å². The molecule has 0 radical (unpaired) electrons. The van der Waals surface area contributed by atoms with Gasteiger partial charge in [-0.15, -0.1) is 0 Å². The van der Waals surface area contributed by atoms with E-state index in [0.717, 1.165) is 41.4 Å². The maximum atomic E-state index is 6.04. The zero-order chi connectivity index (χ0) is 21.3. The van der Waals surface area contributed by atoms with Crippen molar-refractivity contribution >= 4 is 23.2 Å². The van der Waals surface area contributed by atoms with Gasteiger partial charge in [0.1, 0.15) is 17.1 Å². The first-order valence-corrected chi connectivity index (χ1v) is 10.4. The lowest BCUT2D eigenvalue weighted by atomic mass is 10.1. The number of nitrogens with zero attached hydrogens (tertiary/aromatic N) is 4. The van der Waals surface area contributed by atoms with E-state index in [1.54, 1.807) is 7.11 Å². The van der Waals surface area contributed by atoms with Crippen molar-refractivity contribution < 1.29 is 9.15 Å². The number of ether oxygens (including phenoxy) is 1. The predicted octanol–water partition coefficient (Wildman–Crippen LogP) is 5.02. The second kappa shape index (κ2) is 8.45. The monoisotopic (exact) mass is 422 g/mol. The average molecular weight is 423 g/mol. The normalized spacial score (nSPS) is 11.5. The summed E-state index contributed by atoms with van der Waals surface area (Å²) >= 11 is 5.66. The zero-order valence-corrected chi connectivity index (χ0v) is 18.6. The van der Waals surface area contributed by atoms with E-state index in [1.807, 2.05) is 52.7 Å². The highest BCUT2D eigenvalue weighted by Crippen LogP contribution is 2.29. The molecule has 0 amide bonds. The van der Waals surface area contributed by atoms with Crippen LogP contribution < -0.4 is 4.74 Å². The number of furan rings is 1. The van der Waals surface area contributed by atoms with Crippen molar-refractivity contribution in [3.8, 4) is 17.1 Å². The van der Waals surface area contributed by atoms with Crippen LogP contribution in [0.25, 0.3) is 22.4 Å². The molecule has 0 unspecified atom stereocenters. The average Bonchev–Trinajstić information content (AvgIpc) is 3.26. The Morgan fingerprint density at radius 1 is 1.13 bits per heavy atom. The van der Waals surface area contributed by atoms with Gasteiger partial charge in [0, 0.05) is 31.0 Å². The summed E-state index contributed by atoms with van der Waals surface area (Å²) in [6, 6.07) is 16.0. The Kier molecular flexibility index (Phi) is 5.74. The molecule has 4 rings (SSSR count). The molecule has 2 aromatic heterocycles. The Bertz CT molecular complexity index is 1240. The summed E-state index contributed by atoms with van der Waals surface area (Å²) in [5.74, 6) is 2.59. The number of benzene rings is 2. The minimum absolute atomic E-state index is 0.574. The van der Waals surface area contributed by atoms with Crippen LogP contribution in [-0.4, -0.2) is 33.4 Å². The number of rotatable bonds is 7. The van der Waals surface area contributed by atoms with Crippen LogP contribution in [0.4, 0.5) is 0 Å². The Hall–Kier alpha value is -2.90. The molecule has 0 fully saturated rings. The Morgan fingerprint density at radius 3 is 2.63 bits per heavy atom. The van der Waals surface area contributed by atoms with Crippen LogP contribution >= 0.6 is 12.2 Å². The van der Waals surface area contributed by atoms with E-state index in [9.17, 15) is 0 Å². The Balaban J connectivity index is 1.62. The van der Waals surface area contributed by atoms with Crippen LogP contribution in [0.3, 0.4) is 0 Å². The topological polar surface area (TPSA) is 48.4 Å². The third-order valence-corrected chi connectivity index (χ3v) is 5.78. The fraction of sp³-hybridized carbons (Fsp3) is 0.304. The molecule has 4 aromatic rings. The summed E-state index contributed by atoms with van der Waals surface area (Å²) < 4.78 is 16.0. The molecule has 156 valence electrons. The van der Waals surface area contributed by atoms with Crippen LogP contribution in [0.1, 0.15) is 18.2 Å². The fourth-order valence-electron chi connectivity index (χ4n) is 3.80. The molecule has 6 nitrogen and oxygen atoms in total. The summed E-state index contributed by atoms with van der Waals surface area (Å²) in [6.45, 7) is 3.45. The molecule has 0 aliphatic heterocycles. The zero-order valence-electron chi connectivity index (χ0n) is 17.8. The van der Waals surface area contributed by atoms with Crippen molar-refractivity contribution in [1.29, 1.82) is 0 Å². The van der Waals surface area contributed by atoms with Gasteiger partial charge < -0.3 is 13.7 Å². The largest absolute Gasteiger partial charge is 0.496 e. The van der Waals surface area contributed by atoms with Crippen LogP contribution in [0.15, 0.2) is 52.9 Å². The molecule has 2 heterocycles. The highest BCUT2D eigenvalue weighted by molar-refractivity contribution is 7.71. The summed E-state index contributed by atoms with van der Waals surface area (Å²) in [4.78, 5) is 2.20. The number of hydrogen-bond donors (Lipinski definition) is 0. The number of fused-ring (bicyclic) bond motifs is 1. The van der Waals surface area contributed by atoms with E-state index in [1.165, 1.54) is 10.9 Å². The van der Waals surface area contributed by atoms with Crippen LogP contribution in [0, 0.1) is 4.77 Å². The second-order valence-corrected chi connectivity index (χ2v) is 7.74. The molecular formula is C23H26N4O2S. The van der Waals surface area contributed by atoms with Gasteiger partial charge in [0.25, 0.3) is 0 Å². The van der Waals surface area contributed by atoms with E-state index in [0.29, 0.717) is 11.4 Å². The number of methoxy groups -OCH3 is 1. The lowest BCUT2D eigenvalue weighted by Gasteiger charge is -2.16. The van der Waals surface area contributed by atoms with Crippen molar-refractivity contribution in [3.63, 3.8) is 0 Å². The lowest BCUT2D eigenvalue weighted by Crippen LogP contribution is -2.23. The molecular weight excluding hydrogens is 396 g/mol. The van der Waals surface area contributed by atoms with E-state index in [2.05, 4.69) is 31.0 Å². The van der Waals surface area contributed by atoms with E-state index in [4.69, 9.17) is 26.5 Å². The number of hydrogen-bond acceptors (Lipinski definition) is 5. The summed E-state index contributed by atoms with van der Waals surface area (Å²) in [6.07, 6.45) is 0.860. The van der Waals surface area contributed by atoms with E-state index < -0.39 is 0 Å². The maximum absolute atomic E-state index is 6.04. The number of para-hydroxylation sites is 2. The van der Waals surface area contributed by atoms with Gasteiger partial charge in [0.05, 0.1) is 19.3 Å². The highest BCUT2D eigenvalue weighted by atomic mass is 32.1. The Morgan fingerprint density at radius 2 is 1.87 bits per heavy atom. The van der Waals surface area contributed by atoms with Gasteiger partial charge in [0.15, 0.2) is 10.6 Å². The van der Waals surface area contributed by atoms with Gasteiger partial charge in [-0.25, -0.2) is 4.68 Å². The van der Waals surface area contributed by atoms with Gasteiger partial charge in [0.2, 0.25) is 0 Å². The molecule has 0 saturated carbocycles. The molecule has 0 aliphatic rings. The Labute approximate surface area is 181 Å². The summed E-state index contributed by atoms with van der Waals surface area (Å²) in [5, 5.41) is 5.96. The quantitative estimate of drug-likeness (QED) is 0.391. The molecule has 0 aliphatic carbocycles. The molecule has 0 atom stereocenters. The summed E-state index contributed by atoms with van der Waals surface area (Å²) in [5.41, 5.74) is 3.08. The van der Waals surface area contributed by atoms with Crippen molar-refractivity contribution in [2.45, 2.75) is 26.6 Å². The molecule has 0 spiro atoms. The smallest absolute Gasteiger partial charge is 0.199 e.